The molecule has 5 rings (SSSR count). The van der Waals surface area contributed by atoms with Crippen molar-refractivity contribution in [2.45, 2.75) is 63.5 Å². The van der Waals surface area contributed by atoms with Crippen LogP contribution in [-0.2, 0) is 4.74 Å². The average Bonchev–Trinajstić information content (AvgIpc) is 3.59. The predicted octanol–water partition coefficient (Wildman–Crippen LogP) is 7.37. The van der Waals surface area contributed by atoms with Gasteiger partial charge in [0.05, 0.1) is 10.0 Å². The smallest absolute Gasteiger partial charge is 0.410 e. The van der Waals surface area contributed by atoms with Crippen molar-refractivity contribution >= 4 is 29.3 Å². The number of hydrogen-bond acceptors (Lipinski definition) is 4. The third-order valence-corrected chi connectivity index (χ3v) is 7.61. The number of likely N-dealkylation sites (tertiary alicyclic amines) is 1. The van der Waals surface area contributed by atoms with Crippen molar-refractivity contribution in [2.24, 2.45) is 0 Å². The van der Waals surface area contributed by atoms with Gasteiger partial charge in [0, 0.05) is 30.6 Å². The fraction of sp³-hybridized carbons (Fsp3) is 0.444. The number of hydrogen-bond donors (Lipinski definition) is 0. The topological polar surface area (TPSA) is 60.2 Å². The lowest BCUT2D eigenvalue weighted by molar-refractivity contribution is 0.0179. The zero-order chi connectivity index (χ0) is 26.5. The maximum Gasteiger partial charge on any atom is 0.410 e. The van der Waals surface area contributed by atoms with E-state index in [2.05, 4.69) is 14.8 Å². The molecule has 196 valence electrons. The average molecular weight is 549 g/mol. The van der Waals surface area contributed by atoms with Crippen molar-refractivity contribution in [3.8, 4) is 11.4 Å². The summed E-state index contributed by atoms with van der Waals surface area (Å²) >= 11 is 12.8. The molecule has 1 aromatic heterocycles. The quantitative estimate of drug-likeness (QED) is 0.341. The van der Waals surface area contributed by atoms with Crippen LogP contribution in [0.5, 0.6) is 0 Å². The number of piperidine rings is 1. The van der Waals surface area contributed by atoms with Gasteiger partial charge in [-0.15, -0.1) is 10.2 Å². The van der Waals surface area contributed by atoms with E-state index in [1.807, 2.05) is 32.9 Å². The predicted molar refractivity (Wildman–Crippen MR) is 138 cm³/mol. The van der Waals surface area contributed by atoms with Crippen molar-refractivity contribution in [1.82, 2.24) is 19.7 Å². The Morgan fingerprint density at radius 1 is 1.03 bits per heavy atom. The Balaban J connectivity index is 1.58. The summed E-state index contributed by atoms with van der Waals surface area (Å²) in [7, 11) is 0. The molecule has 0 radical (unpaired) electrons. The van der Waals surface area contributed by atoms with Crippen LogP contribution in [0.2, 0.25) is 10.0 Å². The van der Waals surface area contributed by atoms with Crippen molar-refractivity contribution in [1.29, 1.82) is 0 Å². The lowest BCUT2D eigenvalue weighted by Gasteiger charge is -2.39. The zero-order valence-corrected chi connectivity index (χ0v) is 22.4. The van der Waals surface area contributed by atoms with Crippen LogP contribution in [0.15, 0.2) is 36.4 Å². The summed E-state index contributed by atoms with van der Waals surface area (Å²) in [6.45, 7) is 6.18. The number of amides is 1. The fourth-order valence-corrected chi connectivity index (χ4v) is 5.34. The van der Waals surface area contributed by atoms with E-state index in [1.165, 1.54) is 6.07 Å². The highest BCUT2D eigenvalue weighted by molar-refractivity contribution is 6.43. The molecule has 1 aliphatic heterocycles. The maximum absolute atomic E-state index is 14.3. The number of aromatic nitrogens is 3. The van der Waals surface area contributed by atoms with Crippen LogP contribution in [0.25, 0.3) is 11.4 Å². The van der Waals surface area contributed by atoms with Gasteiger partial charge in [0.15, 0.2) is 17.5 Å². The van der Waals surface area contributed by atoms with Crippen molar-refractivity contribution < 1.29 is 18.3 Å². The molecule has 3 aromatic rings. The number of ether oxygens (including phenoxy) is 1. The molecule has 6 nitrogen and oxygen atoms in total. The minimum Gasteiger partial charge on any atom is -0.444 e. The number of benzene rings is 2. The Labute approximate surface area is 224 Å². The summed E-state index contributed by atoms with van der Waals surface area (Å²) in [5, 5.41) is 9.92. The molecule has 0 N–H and O–H groups in total. The molecule has 0 unspecified atom stereocenters. The van der Waals surface area contributed by atoms with E-state index in [1.54, 1.807) is 17.0 Å². The van der Waals surface area contributed by atoms with Crippen LogP contribution in [0.4, 0.5) is 13.6 Å². The van der Waals surface area contributed by atoms with E-state index in [4.69, 9.17) is 27.9 Å². The molecule has 2 atom stereocenters. The molecular weight excluding hydrogens is 521 g/mol. The fourth-order valence-electron chi connectivity index (χ4n) is 4.96. The van der Waals surface area contributed by atoms with Crippen LogP contribution in [0.1, 0.15) is 69.3 Å². The van der Waals surface area contributed by atoms with Gasteiger partial charge in [-0.05, 0) is 75.8 Å². The monoisotopic (exact) mass is 548 g/mol. The molecule has 2 heterocycles. The summed E-state index contributed by atoms with van der Waals surface area (Å²) in [4.78, 5) is 14.6. The Morgan fingerprint density at radius 3 is 2.46 bits per heavy atom. The highest BCUT2D eigenvalue weighted by atomic mass is 35.5. The molecule has 1 aliphatic carbocycles. The van der Waals surface area contributed by atoms with Gasteiger partial charge < -0.3 is 14.2 Å². The van der Waals surface area contributed by atoms with Crippen LogP contribution in [0, 0.1) is 11.6 Å². The first-order chi connectivity index (χ1) is 17.5. The number of rotatable bonds is 4. The molecule has 1 saturated carbocycles. The third kappa shape index (κ3) is 5.32. The van der Waals surface area contributed by atoms with E-state index in [9.17, 15) is 13.6 Å². The van der Waals surface area contributed by atoms with Gasteiger partial charge in [-0.1, -0.05) is 35.3 Å². The normalized spacial score (nSPS) is 20.2. The van der Waals surface area contributed by atoms with Gasteiger partial charge in [-0.3, -0.25) is 0 Å². The minimum absolute atomic E-state index is 0.178. The van der Waals surface area contributed by atoms with Gasteiger partial charge in [0.25, 0.3) is 0 Å². The number of carbonyl (C=O) groups excluding carboxylic acids is 1. The molecule has 2 aromatic carbocycles. The summed E-state index contributed by atoms with van der Waals surface area (Å²) in [5.41, 5.74) is 0.679. The molecule has 1 amide bonds. The first-order valence-electron chi connectivity index (χ1n) is 12.4. The third-order valence-electron chi connectivity index (χ3n) is 6.79. The molecule has 2 aliphatic rings. The second-order valence-corrected chi connectivity index (χ2v) is 11.5. The number of halogens is 4. The Kier molecular flexibility index (Phi) is 6.92. The molecule has 0 bridgehead atoms. The molecule has 1 saturated heterocycles. The number of carbonyl (C=O) groups is 1. The second-order valence-electron chi connectivity index (χ2n) is 10.7. The largest absolute Gasteiger partial charge is 0.444 e. The van der Waals surface area contributed by atoms with Crippen LogP contribution < -0.4 is 0 Å². The van der Waals surface area contributed by atoms with Gasteiger partial charge in [0.2, 0.25) is 0 Å². The van der Waals surface area contributed by atoms with E-state index in [0.717, 1.165) is 18.9 Å². The van der Waals surface area contributed by atoms with E-state index in [0.29, 0.717) is 52.3 Å². The Bertz CT molecular complexity index is 1340. The van der Waals surface area contributed by atoms with Crippen LogP contribution in [0.3, 0.4) is 0 Å². The maximum atomic E-state index is 14.3. The SMILES string of the molecule is CC(C)(C)OC(=O)N1CC[C@H](c2ccc(F)c(F)c2)[C@@H](c2nnc(-c3cccc(Cl)c3Cl)n2C2CC2)C1. The van der Waals surface area contributed by atoms with Crippen molar-refractivity contribution in [2.75, 3.05) is 13.1 Å². The van der Waals surface area contributed by atoms with E-state index >= 15 is 0 Å². The van der Waals surface area contributed by atoms with Crippen molar-refractivity contribution in [3.05, 3.63) is 69.5 Å². The highest BCUT2D eigenvalue weighted by Crippen LogP contribution is 2.46. The first-order valence-corrected chi connectivity index (χ1v) is 13.1. The summed E-state index contributed by atoms with van der Waals surface area (Å²) in [5.74, 6) is -1.06. The minimum atomic E-state index is -0.902. The molecule has 2 fully saturated rings. The molecule has 10 heteroatoms. The lowest BCUT2D eigenvalue weighted by Crippen LogP contribution is -2.45. The van der Waals surface area contributed by atoms with Gasteiger partial charge in [-0.2, -0.15) is 0 Å². The second kappa shape index (κ2) is 9.87. The zero-order valence-electron chi connectivity index (χ0n) is 20.8. The van der Waals surface area contributed by atoms with E-state index < -0.39 is 23.3 Å². The van der Waals surface area contributed by atoms with Crippen LogP contribution >= 0.6 is 23.2 Å². The summed E-state index contributed by atoms with van der Waals surface area (Å²) < 4.78 is 35.7. The van der Waals surface area contributed by atoms with Gasteiger partial charge >= 0.3 is 6.09 Å². The Hall–Kier alpha value is -2.71. The molecule has 0 spiro atoms. The first kappa shape index (κ1) is 25.9. The summed E-state index contributed by atoms with van der Waals surface area (Å²) in [6.07, 6.45) is 2.01. The highest BCUT2D eigenvalue weighted by Gasteiger charge is 2.41. The van der Waals surface area contributed by atoms with Gasteiger partial charge in [0.1, 0.15) is 11.4 Å². The Morgan fingerprint density at radius 2 is 1.78 bits per heavy atom. The molecular formula is C27H28Cl2F2N4O2. The lowest BCUT2D eigenvalue weighted by atomic mass is 9.79. The summed E-state index contributed by atoms with van der Waals surface area (Å²) in [6, 6.07) is 9.54. The van der Waals surface area contributed by atoms with Crippen LogP contribution in [-0.4, -0.2) is 44.4 Å². The van der Waals surface area contributed by atoms with Gasteiger partial charge in [-0.25, -0.2) is 13.6 Å². The number of nitrogens with zero attached hydrogens (tertiary/aromatic N) is 4. The van der Waals surface area contributed by atoms with E-state index in [-0.39, 0.29) is 17.9 Å². The standard InChI is InChI=1S/C27H28Cl2F2N4O2/c1-27(2,3)37-26(36)34-12-11-17(15-7-10-21(30)22(31)13-15)19(14-34)25-33-32-24(35(25)16-8-9-16)18-5-4-6-20(28)23(18)29/h4-7,10,13,16-17,19H,8-9,11-12,14H2,1-3H3/t17-,19+/m1/s1. The molecule has 37 heavy (non-hydrogen) atoms. The van der Waals surface area contributed by atoms with Crippen molar-refractivity contribution in [3.63, 3.8) is 0 Å².